The van der Waals surface area contributed by atoms with Gasteiger partial charge in [0.2, 0.25) is 0 Å². The summed E-state index contributed by atoms with van der Waals surface area (Å²) in [5.74, 6) is -2.62. The molecule has 3 saturated heterocycles. The first kappa shape index (κ1) is 13.6. The Morgan fingerprint density at radius 2 is 1.82 bits per heavy atom. The molecule has 8 nitrogen and oxygen atoms in total. The van der Waals surface area contributed by atoms with E-state index >= 15 is 0 Å². The fraction of sp³-hybridized carbons (Fsp3) is 0.538. The zero-order chi connectivity index (χ0) is 15.3. The average Bonchev–Trinajstić information content (AvgIpc) is 2.85. The molecule has 1 unspecified atom stereocenters. The van der Waals surface area contributed by atoms with Crippen molar-refractivity contribution < 1.29 is 19.1 Å². The standard InChI is InChI=1S/C13H14N4O4S/c14-12-11(15-22-16-12)10-7-3-5-17(6-4-7)13(10)20-8(18)1-2-9(19)21-13/h1-2,7,10H,3-6H2,(H2,14,16). The Morgan fingerprint density at radius 3 is 2.36 bits per heavy atom. The molecule has 5 heterocycles. The molecule has 1 spiro atoms. The normalized spacial score (nSPS) is 32.6. The number of anilines is 1. The van der Waals surface area contributed by atoms with Crippen LogP contribution in [0.15, 0.2) is 12.2 Å². The predicted molar refractivity (Wildman–Crippen MR) is 75.4 cm³/mol. The third kappa shape index (κ3) is 1.85. The lowest BCUT2D eigenvalue weighted by Crippen LogP contribution is -2.66. The molecule has 5 rings (SSSR count). The van der Waals surface area contributed by atoms with Gasteiger partial charge in [-0.3, -0.25) is 0 Å². The summed E-state index contributed by atoms with van der Waals surface area (Å²) in [5, 5.41) is 0. The molecule has 0 radical (unpaired) electrons. The highest BCUT2D eigenvalue weighted by Crippen LogP contribution is 2.52. The lowest BCUT2D eigenvalue weighted by atomic mass is 9.74. The lowest BCUT2D eigenvalue weighted by Gasteiger charge is -2.54. The molecule has 4 aliphatic heterocycles. The minimum atomic E-state index is -1.47. The molecule has 1 aromatic rings. The number of hydrogen-bond acceptors (Lipinski definition) is 9. The number of nitrogens with two attached hydrogens (primary N) is 1. The second-order valence-corrected chi connectivity index (χ2v) is 6.17. The Balaban J connectivity index is 1.85. The highest BCUT2D eigenvalue weighted by Gasteiger charge is 2.62. The van der Waals surface area contributed by atoms with E-state index in [1.165, 1.54) is 0 Å². The Morgan fingerprint density at radius 1 is 1.18 bits per heavy atom. The molecule has 9 heteroatoms. The van der Waals surface area contributed by atoms with Crippen molar-refractivity contribution in [2.24, 2.45) is 5.92 Å². The molecule has 2 bridgehead atoms. The lowest BCUT2D eigenvalue weighted by molar-refractivity contribution is -0.324. The zero-order valence-electron chi connectivity index (χ0n) is 11.6. The van der Waals surface area contributed by atoms with Crippen LogP contribution in [-0.2, 0) is 19.1 Å². The summed E-state index contributed by atoms with van der Waals surface area (Å²) >= 11 is 1.00. The summed E-state index contributed by atoms with van der Waals surface area (Å²) in [4.78, 5) is 25.8. The van der Waals surface area contributed by atoms with E-state index < -0.39 is 23.8 Å². The average molecular weight is 322 g/mol. The zero-order valence-corrected chi connectivity index (χ0v) is 12.4. The number of nitrogens with zero attached hydrogens (tertiary/aromatic N) is 3. The van der Waals surface area contributed by atoms with E-state index in [-0.39, 0.29) is 5.92 Å². The minimum absolute atomic E-state index is 0.176. The first-order valence-electron chi connectivity index (χ1n) is 7.07. The fourth-order valence-electron chi connectivity index (χ4n) is 3.62. The van der Waals surface area contributed by atoms with E-state index in [4.69, 9.17) is 15.2 Å². The van der Waals surface area contributed by atoms with Gasteiger partial charge in [0.25, 0.3) is 0 Å². The third-order valence-corrected chi connectivity index (χ3v) is 5.09. The van der Waals surface area contributed by atoms with Gasteiger partial charge in [-0.2, -0.15) is 8.75 Å². The largest absolute Gasteiger partial charge is 0.404 e. The maximum Gasteiger partial charge on any atom is 0.335 e. The molecule has 3 fully saturated rings. The van der Waals surface area contributed by atoms with Crippen LogP contribution in [0.5, 0.6) is 0 Å². The molecule has 22 heavy (non-hydrogen) atoms. The molecule has 0 amide bonds. The molecular formula is C13H14N4O4S. The molecule has 0 saturated carbocycles. The van der Waals surface area contributed by atoms with Crippen molar-refractivity contribution in [3.8, 4) is 0 Å². The number of piperidine rings is 3. The minimum Gasteiger partial charge on any atom is -0.404 e. The number of nitrogen functional groups attached to an aromatic ring is 1. The van der Waals surface area contributed by atoms with E-state index in [9.17, 15) is 9.59 Å². The highest BCUT2D eigenvalue weighted by molar-refractivity contribution is 6.99. The molecule has 2 N–H and O–H groups in total. The summed E-state index contributed by atoms with van der Waals surface area (Å²) in [6.45, 7) is 1.39. The van der Waals surface area contributed by atoms with Crippen molar-refractivity contribution in [1.29, 1.82) is 0 Å². The van der Waals surface area contributed by atoms with E-state index in [0.717, 1.165) is 36.7 Å². The van der Waals surface area contributed by atoms with Crippen LogP contribution >= 0.6 is 11.7 Å². The molecule has 1 aromatic heterocycles. The first-order valence-corrected chi connectivity index (χ1v) is 7.80. The first-order chi connectivity index (χ1) is 10.6. The predicted octanol–water partition coefficient (Wildman–Crippen LogP) is 0.239. The molecule has 0 aliphatic carbocycles. The Labute approximate surface area is 130 Å². The van der Waals surface area contributed by atoms with Gasteiger partial charge in [0, 0.05) is 25.2 Å². The number of carbonyl (C=O) groups excluding carboxylic acids is 2. The Bertz CT molecular complexity index is 645. The molecule has 1 atom stereocenters. The number of aromatic nitrogens is 2. The highest BCUT2D eigenvalue weighted by atomic mass is 32.1. The summed E-state index contributed by atoms with van der Waals surface area (Å²) in [6.07, 6.45) is 3.98. The van der Waals surface area contributed by atoms with Gasteiger partial charge >= 0.3 is 17.8 Å². The third-order valence-electron chi connectivity index (χ3n) is 4.53. The van der Waals surface area contributed by atoms with Crippen molar-refractivity contribution in [1.82, 2.24) is 13.6 Å². The number of esters is 2. The van der Waals surface area contributed by atoms with Crippen molar-refractivity contribution in [2.45, 2.75) is 24.7 Å². The van der Waals surface area contributed by atoms with Gasteiger partial charge < -0.3 is 15.2 Å². The molecule has 116 valence electrons. The van der Waals surface area contributed by atoms with E-state index in [1.807, 2.05) is 4.90 Å². The van der Waals surface area contributed by atoms with Gasteiger partial charge in [-0.15, -0.1) is 0 Å². The summed E-state index contributed by atoms with van der Waals surface area (Å²) in [6, 6.07) is 0. The number of rotatable bonds is 1. The van der Waals surface area contributed by atoms with Crippen LogP contribution in [-0.4, -0.2) is 44.6 Å². The second kappa shape index (κ2) is 4.75. The van der Waals surface area contributed by atoms with Crippen LogP contribution in [0.2, 0.25) is 0 Å². The van der Waals surface area contributed by atoms with Crippen LogP contribution in [0.1, 0.15) is 24.5 Å². The van der Waals surface area contributed by atoms with E-state index in [0.29, 0.717) is 24.6 Å². The number of fused-ring (bicyclic) bond motifs is 2. The Hall–Kier alpha value is -2.00. The van der Waals surface area contributed by atoms with Crippen LogP contribution in [0.3, 0.4) is 0 Å². The summed E-state index contributed by atoms with van der Waals surface area (Å²) in [7, 11) is 0. The number of ether oxygens (including phenoxy) is 2. The van der Waals surface area contributed by atoms with Gasteiger partial charge in [-0.25, -0.2) is 14.5 Å². The van der Waals surface area contributed by atoms with Gasteiger partial charge in [0.1, 0.15) is 11.6 Å². The second-order valence-electron chi connectivity index (χ2n) is 5.64. The summed E-state index contributed by atoms with van der Waals surface area (Å²) in [5.41, 5.74) is 6.47. The Kier molecular flexibility index (Phi) is 2.95. The van der Waals surface area contributed by atoms with Crippen LogP contribution in [0.25, 0.3) is 0 Å². The number of carbonyl (C=O) groups is 2. The maximum absolute atomic E-state index is 11.9. The van der Waals surface area contributed by atoms with E-state index in [2.05, 4.69) is 8.75 Å². The topological polar surface area (TPSA) is 108 Å². The van der Waals surface area contributed by atoms with Crippen molar-refractivity contribution in [3.63, 3.8) is 0 Å². The van der Waals surface area contributed by atoms with Gasteiger partial charge in [-0.05, 0) is 18.8 Å². The molecule has 4 aliphatic rings. The summed E-state index contributed by atoms with van der Waals surface area (Å²) < 4.78 is 19.4. The van der Waals surface area contributed by atoms with Crippen molar-refractivity contribution in [3.05, 3.63) is 17.8 Å². The maximum atomic E-state index is 11.9. The SMILES string of the molecule is Nc1nsnc1C1C2CCN(CC2)C12OC(=O)C=CC(=O)O2. The van der Waals surface area contributed by atoms with Crippen LogP contribution < -0.4 is 5.73 Å². The quantitative estimate of drug-likeness (QED) is 0.733. The van der Waals surface area contributed by atoms with Crippen molar-refractivity contribution in [2.75, 3.05) is 18.8 Å². The smallest absolute Gasteiger partial charge is 0.335 e. The van der Waals surface area contributed by atoms with E-state index in [1.54, 1.807) is 0 Å². The fourth-order valence-corrected chi connectivity index (χ4v) is 4.14. The van der Waals surface area contributed by atoms with Gasteiger partial charge in [-0.1, -0.05) is 0 Å². The number of hydrogen-bond donors (Lipinski definition) is 1. The van der Waals surface area contributed by atoms with Gasteiger partial charge in [0.05, 0.1) is 11.7 Å². The van der Waals surface area contributed by atoms with Gasteiger partial charge in [0.15, 0.2) is 5.82 Å². The van der Waals surface area contributed by atoms with Crippen molar-refractivity contribution >= 4 is 29.5 Å². The van der Waals surface area contributed by atoms with Crippen LogP contribution in [0, 0.1) is 5.92 Å². The molecule has 0 aromatic carbocycles. The molecular weight excluding hydrogens is 308 g/mol. The monoisotopic (exact) mass is 322 g/mol. The van der Waals surface area contributed by atoms with Crippen LogP contribution in [0.4, 0.5) is 5.82 Å².